The highest BCUT2D eigenvalue weighted by Gasteiger charge is 2.31. The van der Waals surface area contributed by atoms with Gasteiger partial charge in [0.1, 0.15) is 0 Å². The Hall–Kier alpha value is -1.69. The van der Waals surface area contributed by atoms with Gasteiger partial charge in [-0.05, 0) is 12.8 Å². The van der Waals surface area contributed by atoms with Crippen molar-refractivity contribution in [3.05, 3.63) is 17.5 Å². The van der Waals surface area contributed by atoms with Crippen LogP contribution in [-0.2, 0) is 11.3 Å². The largest absolute Gasteiger partial charge is 0.376 e. The highest BCUT2D eigenvalue weighted by molar-refractivity contribution is 5.97. The number of amides is 1. The maximum Gasteiger partial charge on any atom is 0.257 e. The fourth-order valence-corrected chi connectivity index (χ4v) is 2.44. The van der Waals surface area contributed by atoms with Gasteiger partial charge in [-0.3, -0.25) is 4.79 Å². The van der Waals surface area contributed by atoms with E-state index < -0.39 is 0 Å². The van der Waals surface area contributed by atoms with Gasteiger partial charge >= 0.3 is 0 Å². The molecule has 1 fully saturated rings. The minimum Gasteiger partial charge on any atom is -0.376 e. The zero-order chi connectivity index (χ0) is 12.5. The van der Waals surface area contributed by atoms with Gasteiger partial charge in [-0.1, -0.05) is 0 Å². The molecule has 2 aliphatic rings. The van der Waals surface area contributed by atoms with Gasteiger partial charge in [-0.15, -0.1) is 0 Å². The van der Waals surface area contributed by atoms with Crippen molar-refractivity contribution >= 4 is 11.9 Å². The lowest BCUT2D eigenvalue weighted by atomic mass is 10.2. The zero-order valence-corrected chi connectivity index (χ0v) is 10.3. The van der Waals surface area contributed by atoms with Crippen molar-refractivity contribution in [2.24, 2.45) is 0 Å². The van der Waals surface area contributed by atoms with Crippen LogP contribution in [0.15, 0.2) is 6.20 Å². The third-order valence-electron chi connectivity index (χ3n) is 3.40. The minimum absolute atomic E-state index is 0.0168. The van der Waals surface area contributed by atoms with E-state index in [2.05, 4.69) is 15.3 Å². The Morgan fingerprint density at radius 1 is 1.61 bits per heavy atom. The molecule has 0 aromatic carbocycles. The molecule has 1 N–H and O–H groups in total. The fourth-order valence-electron chi connectivity index (χ4n) is 2.44. The summed E-state index contributed by atoms with van der Waals surface area (Å²) < 4.78 is 5.56. The SMILES string of the molecule is CNc1ncc2c(n1)CN(C[C@@H]1CCCO1)C2=O. The molecule has 1 aromatic rings. The lowest BCUT2D eigenvalue weighted by Gasteiger charge is -2.19. The van der Waals surface area contributed by atoms with Crippen molar-refractivity contribution in [2.75, 3.05) is 25.5 Å². The normalized spacial score (nSPS) is 22.4. The third-order valence-corrected chi connectivity index (χ3v) is 3.40. The Balaban J connectivity index is 1.75. The average Bonchev–Trinajstić information content (AvgIpc) is 2.99. The molecule has 1 aromatic heterocycles. The van der Waals surface area contributed by atoms with Crippen molar-refractivity contribution in [3.63, 3.8) is 0 Å². The summed E-state index contributed by atoms with van der Waals surface area (Å²) in [4.78, 5) is 22.4. The lowest BCUT2D eigenvalue weighted by molar-refractivity contribution is 0.0544. The molecule has 0 spiro atoms. The molecule has 3 heterocycles. The van der Waals surface area contributed by atoms with E-state index in [1.807, 2.05) is 0 Å². The Morgan fingerprint density at radius 2 is 2.50 bits per heavy atom. The lowest BCUT2D eigenvalue weighted by Crippen LogP contribution is -2.32. The zero-order valence-electron chi connectivity index (χ0n) is 10.3. The maximum atomic E-state index is 12.2. The minimum atomic E-state index is 0.0168. The number of ether oxygens (including phenoxy) is 1. The van der Waals surface area contributed by atoms with Crippen LogP contribution in [0.2, 0.25) is 0 Å². The molecule has 1 saturated heterocycles. The van der Waals surface area contributed by atoms with Crippen LogP contribution < -0.4 is 5.32 Å². The van der Waals surface area contributed by atoms with Crippen LogP contribution in [0, 0.1) is 0 Å². The van der Waals surface area contributed by atoms with E-state index in [4.69, 9.17) is 4.74 Å². The highest BCUT2D eigenvalue weighted by Crippen LogP contribution is 2.23. The van der Waals surface area contributed by atoms with E-state index in [9.17, 15) is 4.79 Å². The van der Waals surface area contributed by atoms with Gasteiger partial charge in [0.15, 0.2) is 0 Å². The van der Waals surface area contributed by atoms with Gasteiger partial charge < -0.3 is 15.0 Å². The molecule has 1 amide bonds. The molecule has 2 aliphatic heterocycles. The summed E-state index contributed by atoms with van der Waals surface area (Å²) in [5.74, 6) is 0.573. The van der Waals surface area contributed by atoms with Gasteiger partial charge in [-0.2, -0.15) is 0 Å². The maximum absolute atomic E-state index is 12.2. The Morgan fingerprint density at radius 3 is 3.22 bits per heavy atom. The number of aromatic nitrogens is 2. The van der Waals surface area contributed by atoms with Gasteiger partial charge in [0, 0.05) is 26.4 Å². The van der Waals surface area contributed by atoms with E-state index in [0.29, 0.717) is 24.6 Å². The summed E-state index contributed by atoms with van der Waals surface area (Å²) in [7, 11) is 1.77. The number of nitrogens with zero attached hydrogens (tertiary/aromatic N) is 3. The van der Waals surface area contributed by atoms with Gasteiger partial charge in [-0.25, -0.2) is 9.97 Å². The van der Waals surface area contributed by atoms with Crippen LogP contribution in [0.4, 0.5) is 5.95 Å². The predicted molar refractivity (Wildman–Crippen MR) is 65.3 cm³/mol. The first-order valence-electron chi connectivity index (χ1n) is 6.22. The fraction of sp³-hybridized carbons (Fsp3) is 0.583. The molecule has 1 atom stereocenters. The summed E-state index contributed by atoms with van der Waals surface area (Å²) in [6.45, 7) is 2.03. The third kappa shape index (κ3) is 1.92. The number of nitrogens with one attached hydrogen (secondary N) is 1. The van der Waals surface area contributed by atoms with E-state index in [1.165, 1.54) is 0 Å². The molecule has 96 valence electrons. The summed E-state index contributed by atoms with van der Waals surface area (Å²) >= 11 is 0. The standard InChI is InChI=1S/C12H16N4O2/c1-13-12-14-5-9-10(15-12)7-16(11(9)17)6-8-3-2-4-18-8/h5,8H,2-4,6-7H2,1H3,(H,13,14,15)/t8-/m0/s1. The van der Waals surface area contributed by atoms with Crippen molar-refractivity contribution in [2.45, 2.75) is 25.5 Å². The topological polar surface area (TPSA) is 67.3 Å². The number of hydrogen-bond acceptors (Lipinski definition) is 5. The van der Waals surface area contributed by atoms with Crippen LogP contribution in [0.3, 0.4) is 0 Å². The Kier molecular flexibility index (Phi) is 2.87. The first-order valence-corrected chi connectivity index (χ1v) is 6.22. The van der Waals surface area contributed by atoms with Crippen LogP contribution >= 0.6 is 0 Å². The molecule has 6 nitrogen and oxygen atoms in total. The van der Waals surface area contributed by atoms with Crippen LogP contribution in [-0.4, -0.2) is 47.1 Å². The van der Waals surface area contributed by atoms with Crippen molar-refractivity contribution in [1.29, 1.82) is 0 Å². The molecule has 6 heteroatoms. The smallest absolute Gasteiger partial charge is 0.257 e. The quantitative estimate of drug-likeness (QED) is 0.850. The second-order valence-corrected chi connectivity index (χ2v) is 4.62. The number of carbonyl (C=O) groups excluding carboxylic acids is 1. The van der Waals surface area contributed by atoms with Gasteiger partial charge in [0.25, 0.3) is 5.91 Å². The molecule has 0 radical (unpaired) electrons. The highest BCUT2D eigenvalue weighted by atomic mass is 16.5. The second kappa shape index (κ2) is 4.53. The first-order chi connectivity index (χ1) is 8.78. The van der Waals surface area contributed by atoms with E-state index in [1.54, 1.807) is 18.1 Å². The number of fused-ring (bicyclic) bond motifs is 1. The van der Waals surface area contributed by atoms with Crippen LogP contribution in [0.5, 0.6) is 0 Å². The second-order valence-electron chi connectivity index (χ2n) is 4.62. The molecule has 0 unspecified atom stereocenters. The summed E-state index contributed by atoms with van der Waals surface area (Å²) in [6, 6.07) is 0. The summed E-state index contributed by atoms with van der Waals surface area (Å²) in [5, 5.41) is 2.88. The summed E-state index contributed by atoms with van der Waals surface area (Å²) in [5.41, 5.74) is 1.42. The molecule has 0 bridgehead atoms. The molecular weight excluding hydrogens is 232 g/mol. The Labute approximate surface area is 105 Å². The summed E-state index contributed by atoms with van der Waals surface area (Å²) in [6.07, 6.45) is 3.91. The Bertz CT molecular complexity index is 471. The first kappa shape index (κ1) is 11.4. The van der Waals surface area contributed by atoms with Crippen molar-refractivity contribution in [1.82, 2.24) is 14.9 Å². The molecular formula is C12H16N4O2. The van der Waals surface area contributed by atoms with Crippen LogP contribution in [0.25, 0.3) is 0 Å². The molecule has 3 rings (SSSR count). The van der Waals surface area contributed by atoms with Crippen LogP contribution in [0.1, 0.15) is 28.9 Å². The average molecular weight is 248 g/mol. The van der Waals surface area contributed by atoms with Gasteiger partial charge in [0.05, 0.1) is 23.9 Å². The molecule has 0 saturated carbocycles. The predicted octanol–water partition coefficient (Wildman–Crippen LogP) is 0.653. The number of hydrogen-bond donors (Lipinski definition) is 1. The van der Waals surface area contributed by atoms with Crippen molar-refractivity contribution in [3.8, 4) is 0 Å². The number of carbonyl (C=O) groups is 1. The van der Waals surface area contributed by atoms with E-state index >= 15 is 0 Å². The van der Waals surface area contributed by atoms with Crippen molar-refractivity contribution < 1.29 is 9.53 Å². The van der Waals surface area contributed by atoms with Gasteiger partial charge in [0.2, 0.25) is 5.95 Å². The number of anilines is 1. The number of rotatable bonds is 3. The molecule has 0 aliphatic carbocycles. The molecule has 18 heavy (non-hydrogen) atoms. The monoisotopic (exact) mass is 248 g/mol. The van der Waals surface area contributed by atoms with E-state index in [-0.39, 0.29) is 12.0 Å². The van der Waals surface area contributed by atoms with E-state index in [0.717, 1.165) is 25.1 Å².